The molecule has 0 aliphatic rings. The molecule has 0 saturated carbocycles. The number of halogens is 1. The molecule has 0 N–H and O–H groups in total. The van der Waals surface area contributed by atoms with Crippen LogP contribution in [0.2, 0.25) is 0 Å². The lowest BCUT2D eigenvalue weighted by Gasteiger charge is -2.17. The molecule has 1 atom stereocenters. The second-order valence-corrected chi connectivity index (χ2v) is 6.03. The van der Waals surface area contributed by atoms with Gasteiger partial charge in [-0.2, -0.15) is 0 Å². The van der Waals surface area contributed by atoms with Crippen molar-refractivity contribution in [2.75, 3.05) is 20.1 Å². The molecule has 0 bridgehead atoms. The van der Waals surface area contributed by atoms with E-state index in [2.05, 4.69) is 65.1 Å². The van der Waals surface area contributed by atoms with Crippen LogP contribution in [0.5, 0.6) is 0 Å². The van der Waals surface area contributed by atoms with Crippen LogP contribution < -0.4 is 0 Å². The lowest BCUT2D eigenvalue weighted by molar-refractivity contribution is 0.325. The molecule has 1 aromatic rings. The first-order chi connectivity index (χ1) is 7.68. The van der Waals surface area contributed by atoms with Gasteiger partial charge in [-0.25, -0.2) is 0 Å². The van der Waals surface area contributed by atoms with E-state index in [9.17, 15) is 0 Å². The van der Waals surface area contributed by atoms with Gasteiger partial charge in [-0.1, -0.05) is 53.2 Å². The SMILES string of the molecule is CC(Br)CCN(C)CCCc1ccccc1. The Kier molecular flexibility index (Phi) is 6.74. The molecule has 0 radical (unpaired) electrons. The van der Waals surface area contributed by atoms with Crippen LogP contribution in [0.1, 0.15) is 25.3 Å². The van der Waals surface area contributed by atoms with Crippen LogP contribution in [-0.2, 0) is 6.42 Å². The minimum absolute atomic E-state index is 0.629. The van der Waals surface area contributed by atoms with Gasteiger partial charge in [0.2, 0.25) is 0 Å². The molecule has 0 saturated heterocycles. The van der Waals surface area contributed by atoms with E-state index < -0.39 is 0 Å². The van der Waals surface area contributed by atoms with E-state index in [-0.39, 0.29) is 0 Å². The summed E-state index contributed by atoms with van der Waals surface area (Å²) in [5.74, 6) is 0. The Morgan fingerprint density at radius 2 is 1.88 bits per heavy atom. The number of alkyl halides is 1. The van der Waals surface area contributed by atoms with Gasteiger partial charge in [0.1, 0.15) is 0 Å². The molecule has 16 heavy (non-hydrogen) atoms. The zero-order chi connectivity index (χ0) is 11.8. The normalized spacial score (nSPS) is 13.0. The maximum absolute atomic E-state index is 3.58. The van der Waals surface area contributed by atoms with Gasteiger partial charge in [-0.3, -0.25) is 0 Å². The molecule has 1 aromatic carbocycles. The summed E-state index contributed by atoms with van der Waals surface area (Å²) in [6.45, 7) is 4.58. The van der Waals surface area contributed by atoms with Crippen LogP contribution in [0.25, 0.3) is 0 Å². The third-order valence-corrected chi connectivity index (χ3v) is 3.21. The van der Waals surface area contributed by atoms with Gasteiger partial charge in [0.15, 0.2) is 0 Å². The van der Waals surface area contributed by atoms with E-state index in [0.29, 0.717) is 4.83 Å². The van der Waals surface area contributed by atoms with Crippen LogP contribution in [0.4, 0.5) is 0 Å². The Bertz CT molecular complexity index is 271. The predicted molar refractivity (Wildman–Crippen MR) is 75.3 cm³/mol. The quantitative estimate of drug-likeness (QED) is 0.690. The van der Waals surface area contributed by atoms with Crippen molar-refractivity contribution in [2.45, 2.75) is 31.0 Å². The van der Waals surface area contributed by atoms with Crippen molar-refractivity contribution >= 4 is 15.9 Å². The zero-order valence-corrected chi connectivity index (χ0v) is 11.9. The minimum Gasteiger partial charge on any atom is -0.306 e. The molecule has 0 spiro atoms. The molecule has 0 aliphatic carbocycles. The first-order valence-corrected chi connectivity index (χ1v) is 6.96. The van der Waals surface area contributed by atoms with Crippen molar-refractivity contribution in [2.24, 2.45) is 0 Å². The summed E-state index contributed by atoms with van der Waals surface area (Å²) in [7, 11) is 2.21. The Morgan fingerprint density at radius 3 is 2.50 bits per heavy atom. The van der Waals surface area contributed by atoms with Gasteiger partial charge < -0.3 is 4.90 Å². The van der Waals surface area contributed by atoms with Crippen LogP contribution in [0, 0.1) is 0 Å². The Balaban J connectivity index is 2.11. The zero-order valence-electron chi connectivity index (χ0n) is 10.3. The first-order valence-electron chi connectivity index (χ1n) is 6.05. The molecular formula is C14H22BrN. The fourth-order valence-corrected chi connectivity index (χ4v) is 1.91. The number of hydrogen-bond donors (Lipinski definition) is 0. The van der Waals surface area contributed by atoms with Gasteiger partial charge >= 0.3 is 0 Å². The average Bonchev–Trinajstić information content (AvgIpc) is 2.28. The van der Waals surface area contributed by atoms with Crippen molar-refractivity contribution in [3.63, 3.8) is 0 Å². The van der Waals surface area contributed by atoms with Crippen LogP contribution in [-0.4, -0.2) is 29.9 Å². The van der Waals surface area contributed by atoms with Crippen molar-refractivity contribution in [1.82, 2.24) is 4.90 Å². The molecule has 90 valence electrons. The molecular weight excluding hydrogens is 262 g/mol. The molecule has 1 rings (SSSR count). The first kappa shape index (κ1) is 13.7. The highest BCUT2D eigenvalue weighted by atomic mass is 79.9. The van der Waals surface area contributed by atoms with Gasteiger partial charge in [0, 0.05) is 4.83 Å². The summed E-state index contributed by atoms with van der Waals surface area (Å²) in [5, 5.41) is 0. The van der Waals surface area contributed by atoms with E-state index in [1.54, 1.807) is 0 Å². The van der Waals surface area contributed by atoms with E-state index in [4.69, 9.17) is 0 Å². The molecule has 0 fully saturated rings. The van der Waals surface area contributed by atoms with Gasteiger partial charge in [0.25, 0.3) is 0 Å². The van der Waals surface area contributed by atoms with Crippen LogP contribution in [0.3, 0.4) is 0 Å². The topological polar surface area (TPSA) is 3.24 Å². The highest BCUT2D eigenvalue weighted by molar-refractivity contribution is 9.09. The molecule has 2 heteroatoms. The second-order valence-electron chi connectivity index (χ2n) is 4.46. The number of aryl methyl sites for hydroxylation is 1. The largest absolute Gasteiger partial charge is 0.306 e. The van der Waals surface area contributed by atoms with Gasteiger partial charge in [-0.05, 0) is 45.0 Å². The van der Waals surface area contributed by atoms with Crippen molar-refractivity contribution in [1.29, 1.82) is 0 Å². The van der Waals surface area contributed by atoms with Gasteiger partial charge in [-0.15, -0.1) is 0 Å². The summed E-state index contributed by atoms with van der Waals surface area (Å²) in [4.78, 5) is 3.05. The maximum Gasteiger partial charge on any atom is 0.0129 e. The number of hydrogen-bond acceptors (Lipinski definition) is 1. The highest BCUT2D eigenvalue weighted by Crippen LogP contribution is 2.06. The Hall–Kier alpha value is -0.340. The summed E-state index contributed by atoms with van der Waals surface area (Å²) < 4.78 is 0. The molecule has 0 amide bonds. The minimum atomic E-state index is 0.629. The smallest absolute Gasteiger partial charge is 0.0129 e. The van der Waals surface area contributed by atoms with E-state index in [1.807, 2.05) is 0 Å². The van der Waals surface area contributed by atoms with E-state index in [0.717, 1.165) is 0 Å². The maximum atomic E-state index is 3.58. The standard InChI is InChI=1S/C14H22BrN/c1-13(15)10-12-16(2)11-6-9-14-7-4-3-5-8-14/h3-5,7-8,13H,6,9-12H2,1-2H3. The van der Waals surface area contributed by atoms with Crippen molar-refractivity contribution < 1.29 is 0 Å². The fourth-order valence-electron chi connectivity index (χ4n) is 1.71. The predicted octanol–water partition coefficient (Wildman–Crippen LogP) is 3.72. The second kappa shape index (κ2) is 7.86. The number of rotatable bonds is 7. The summed E-state index contributed by atoms with van der Waals surface area (Å²) in [6.07, 6.45) is 3.66. The van der Waals surface area contributed by atoms with E-state index >= 15 is 0 Å². The average molecular weight is 284 g/mol. The molecule has 0 aromatic heterocycles. The van der Waals surface area contributed by atoms with E-state index in [1.165, 1.54) is 37.9 Å². The van der Waals surface area contributed by atoms with Crippen molar-refractivity contribution in [3.8, 4) is 0 Å². The third kappa shape index (κ3) is 6.29. The molecule has 1 unspecified atom stereocenters. The summed E-state index contributed by atoms with van der Waals surface area (Å²) in [6, 6.07) is 10.7. The fraction of sp³-hybridized carbons (Fsp3) is 0.571. The monoisotopic (exact) mass is 283 g/mol. The van der Waals surface area contributed by atoms with Crippen molar-refractivity contribution in [3.05, 3.63) is 35.9 Å². The number of benzene rings is 1. The molecule has 0 heterocycles. The summed E-state index contributed by atoms with van der Waals surface area (Å²) >= 11 is 3.58. The molecule has 0 aliphatic heterocycles. The molecule has 1 nitrogen and oxygen atoms in total. The lowest BCUT2D eigenvalue weighted by atomic mass is 10.1. The highest BCUT2D eigenvalue weighted by Gasteiger charge is 2.01. The summed E-state index contributed by atoms with van der Waals surface area (Å²) in [5.41, 5.74) is 1.45. The number of nitrogens with zero attached hydrogens (tertiary/aromatic N) is 1. The van der Waals surface area contributed by atoms with Crippen LogP contribution in [0.15, 0.2) is 30.3 Å². The lowest BCUT2D eigenvalue weighted by Crippen LogP contribution is -2.22. The Morgan fingerprint density at radius 1 is 1.19 bits per heavy atom. The van der Waals surface area contributed by atoms with Crippen LogP contribution >= 0.6 is 15.9 Å². The third-order valence-electron chi connectivity index (χ3n) is 2.76. The van der Waals surface area contributed by atoms with Gasteiger partial charge in [0.05, 0.1) is 0 Å². The Labute approximate surface area is 108 Å².